The highest BCUT2D eigenvalue weighted by Gasteiger charge is 2.29. The van der Waals surface area contributed by atoms with Crippen molar-refractivity contribution in [1.29, 1.82) is 0 Å². The number of nitrogens with zero attached hydrogens (tertiary/aromatic N) is 3. The third-order valence-electron chi connectivity index (χ3n) is 4.89. The van der Waals surface area contributed by atoms with Gasteiger partial charge in [-0.25, -0.2) is 4.98 Å². The molecule has 6 heteroatoms. The van der Waals surface area contributed by atoms with Crippen molar-refractivity contribution in [1.82, 2.24) is 20.1 Å². The Morgan fingerprint density at radius 1 is 1.12 bits per heavy atom. The Hall–Kier alpha value is -1.40. The first-order valence-corrected chi connectivity index (χ1v) is 8.56. The van der Waals surface area contributed by atoms with E-state index >= 15 is 0 Å². The summed E-state index contributed by atoms with van der Waals surface area (Å²) in [6.45, 7) is 7.68. The van der Waals surface area contributed by atoms with Gasteiger partial charge in [0.05, 0.1) is 12.7 Å². The molecule has 130 valence electrons. The van der Waals surface area contributed by atoms with E-state index in [1.807, 2.05) is 24.4 Å². The zero-order valence-corrected chi connectivity index (χ0v) is 14.7. The minimum absolute atomic E-state index is 0. The van der Waals surface area contributed by atoms with Crippen LogP contribution < -0.4 is 5.32 Å². The predicted octanol–water partition coefficient (Wildman–Crippen LogP) is 2.24. The Morgan fingerprint density at radius 3 is 2.71 bits per heavy atom. The van der Waals surface area contributed by atoms with Crippen LogP contribution in [0.5, 0.6) is 0 Å². The molecule has 0 saturated carbocycles. The molecule has 2 saturated heterocycles. The van der Waals surface area contributed by atoms with E-state index in [2.05, 4.69) is 32.2 Å². The highest BCUT2D eigenvalue weighted by atomic mass is 35.5. The zero-order valence-electron chi connectivity index (χ0n) is 13.9. The Balaban J connectivity index is 0.00000169. The number of likely N-dealkylation sites (tertiary alicyclic amines) is 1. The molecule has 1 unspecified atom stereocenters. The maximum Gasteiger partial charge on any atom is 0.209 e. The maximum atomic E-state index is 5.94. The normalized spacial score (nSPS) is 22.4. The van der Waals surface area contributed by atoms with Gasteiger partial charge in [0.15, 0.2) is 5.76 Å². The van der Waals surface area contributed by atoms with Crippen LogP contribution in [-0.2, 0) is 6.54 Å². The fourth-order valence-electron chi connectivity index (χ4n) is 3.61. The van der Waals surface area contributed by atoms with Crippen LogP contribution in [0.4, 0.5) is 0 Å². The van der Waals surface area contributed by atoms with E-state index in [1.54, 1.807) is 0 Å². The lowest BCUT2D eigenvalue weighted by atomic mass is 10.2. The van der Waals surface area contributed by atoms with Crippen molar-refractivity contribution in [2.75, 3.05) is 39.3 Å². The first kappa shape index (κ1) is 17.4. The molecule has 1 aromatic carbocycles. The largest absolute Gasteiger partial charge is 0.439 e. The lowest BCUT2D eigenvalue weighted by Crippen LogP contribution is -2.49. The summed E-state index contributed by atoms with van der Waals surface area (Å²) < 4.78 is 5.94. The molecular formula is C18H25ClN4O. The average Bonchev–Trinajstić information content (AvgIpc) is 3.27. The molecule has 5 nitrogen and oxygen atoms in total. The molecule has 0 radical (unpaired) electrons. The van der Waals surface area contributed by atoms with Crippen molar-refractivity contribution >= 4 is 12.4 Å². The summed E-state index contributed by atoms with van der Waals surface area (Å²) in [5.74, 6) is 1.68. The molecule has 2 fully saturated rings. The summed E-state index contributed by atoms with van der Waals surface area (Å²) in [6, 6.07) is 10.9. The molecule has 3 heterocycles. The van der Waals surface area contributed by atoms with Crippen LogP contribution in [0.1, 0.15) is 12.3 Å². The number of piperazine rings is 1. The van der Waals surface area contributed by atoms with Crippen molar-refractivity contribution in [2.24, 2.45) is 0 Å². The quantitative estimate of drug-likeness (QED) is 0.918. The number of halogens is 1. The number of aromatic nitrogens is 1. The zero-order chi connectivity index (χ0) is 15.5. The van der Waals surface area contributed by atoms with Crippen molar-refractivity contribution < 1.29 is 4.42 Å². The fraction of sp³-hybridized carbons (Fsp3) is 0.500. The minimum atomic E-state index is 0. The second-order valence-corrected chi connectivity index (χ2v) is 6.45. The van der Waals surface area contributed by atoms with Gasteiger partial charge in [0.2, 0.25) is 5.89 Å². The molecule has 1 N–H and O–H groups in total. The van der Waals surface area contributed by atoms with Crippen LogP contribution in [0, 0.1) is 0 Å². The summed E-state index contributed by atoms with van der Waals surface area (Å²) in [5.41, 5.74) is 1.09. The van der Waals surface area contributed by atoms with Crippen LogP contribution in [0.15, 0.2) is 40.9 Å². The van der Waals surface area contributed by atoms with Gasteiger partial charge < -0.3 is 9.73 Å². The van der Waals surface area contributed by atoms with E-state index in [-0.39, 0.29) is 12.4 Å². The van der Waals surface area contributed by atoms with Crippen LogP contribution in [0.2, 0.25) is 0 Å². The second kappa shape index (κ2) is 8.12. The summed E-state index contributed by atoms with van der Waals surface area (Å²) in [7, 11) is 0. The summed E-state index contributed by atoms with van der Waals surface area (Å²) in [5, 5.41) is 3.43. The van der Waals surface area contributed by atoms with Crippen LogP contribution in [0.25, 0.3) is 11.3 Å². The number of nitrogens with one attached hydrogen (secondary N) is 1. The van der Waals surface area contributed by atoms with E-state index in [9.17, 15) is 0 Å². The molecule has 0 bridgehead atoms. The van der Waals surface area contributed by atoms with Crippen LogP contribution in [-0.4, -0.2) is 60.1 Å². The first-order valence-electron chi connectivity index (χ1n) is 8.56. The van der Waals surface area contributed by atoms with E-state index < -0.39 is 0 Å². The molecule has 1 aromatic heterocycles. The standard InChI is InChI=1S/C18H24N4O.ClH/c1-2-4-15(5-3-1)17-12-20-18(23-17)14-21-9-6-16(13-21)22-10-7-19-8-11-22;/h1-5,12,16,19H,6-11,13-14H2;1H. The minimum Gasteiger partial charge on any atom is -0.439 e. The molecule has 2 aromatic rings. The SMILES string of the molecule is Cl.c1ccc(-c2cnc(CN3CCC(N4CCNCC4)C3)o2)cc1. The lowest BCUT2D eigenvalue weighted by molar-refractivity contribution is 0.168. The Morgan fingerprint density at radius 2 is 1.92 bits per heavy atom. The molecule has 0 amide bonds. The van der Waals surface area contributed by atoms with Gasteiger partial charge in [-0.15, -0.1) is 12.4 Å². The highest BCUT2D eigenvalue weighted by molar-refractivity contribution is 5.85. The van der Waals surface area contributed by atoms with Gasteiger partial charge in [0.25, 0.3) is 0 Å². The van der Waals surface area contributed by atoms with Gasteiger partial charge in [0.1, 0.15) is 0 Å². The van der Waals surface area contributed by atoms with E-state index in [1.165, 1.54) is 19.5 Å². The maximum absolute atomic E-state index is 5.94. The monoisotopic (exact) mass is 348 g/mol. The molecule has 2 aliphatic rings. The highest BCUT2D eigenvalue weighted by Crippen LogP contribution is 2.22. The van der Waals surface area contributed by atoms with E-state index in [4.69, 9.17) is 4.42 Å². The summed E-state index contributed by atoms with van der Waals surface area (Å²) in [4.78, 5) is 9.55. The molecule has 4 rings (SSSR count). The van der Waals surface area contributed by atoms with Gasteiger partial charge in [-0.3, -0.25) is 9.80 Å². The molecule has 0 aliphatic carbocycles. The number of rotatable bonds is 4. The van der Waals surface area contributed by atoms with Crippen LogP contribution >= 0.6 is 12.4 Å². The molecule has 2 aliphatic heterocycles. The molecule has 24 heavy (non-hydrogen) atoms. The van der Waals surface area contributed by atoms with Crippen molar-refractivity contribution in [3.8, 4) is 11.3 Å². The predicted molar refractivity (Wildman–Crippen MR) is 97.3 cm³/mol. The third-order valence-corrected chi connectivity index (χ3v) is 4.89. The van der Waals surface area contributed by atoms with Crippen molar-refractivity contribution in [3.63, 3.8) is 0 Å². The first-order chi connectivity index (χ1) is 11.4. The Labute approximate surface area is 149 Å². The Bertz CT molecular complexity index is 627. The van der Waals surface area contributed by atoms with Gasteiger partial charge in [-0.2, -0.15) is 0 Å². The Kier molecular flexibility index (Phi) is 5.89. The van der Waals surface area contributed by atoms with Crippen molar-refractivity contribution in [2.45, 2.75) is 19.0 Å². The van der Waals surface area contributed by atoms with Gasteiger partial charge >= 0.3 is 0 Å². The van der Waals surface area contributed by atoms with Crippen molar-refractivity contribution in [3.05, 3.63) is 42.4 Å². The van der Waals surface area contributed by atoms with Gasteiger partial charge in [0, 0.05) is 50.9 Å². The summed E-state index contributed by atoms with van der Waals surface area (Å²) in [6.07, 6.45) is 3.10. The summed E-state index contributed by atoms with van der Waals surface area (Å²) >= 11 is 0. The average molecular weight is 349 g/mol. The molecular weight excluding hydrogens is 324 g/mol. The lowest BCUT2D eigenvalue weighted by Gasteiger charge is -2.32. The van der Waals surface area contributed by atoms with E-state index in [0.717, 1.165) is 49.9 Å². The number of oxazole rings is 1. The second-order valence-electron chi connectivity index (χ2n) is 6.45. The number of hydrogen-bond donors (Lipinski definition) is 1. The van der Waals surface area contributed by atoms with Gasteiger partial charge in [-0.1, -0.05) is 30.3 Å². The third kappa shape index (κ3) is 3.98. The molecule has 0 spiro atoms. The molecule has 1 atom stereocenters. The van der Waals surface area contributed by atoms with E-state index in [0.29, 0.717) is 6.04 Å². The fourth-order valence-corrected chi connectivity index (χ4v) is 3.61. The van der Waals surface area contributed by atoms with Gasteiger partial charge in [-0.05, 0) is 6.42 Å². The number of benzene rings is 1. The topological polar surface area (TPSA) is 44.5 Å². The number of hydrogen-bond acceptors (Lipinski definition) is 5. The van der Waals surface area contributed by atoms with Crippen LogP contribution in [0.3, 0.4) is 0 Å². The smallest absolute Gasteiger partial charge is 0.209 e.